The Balaban J connectivity index is 2.55. The highest BCUT2D eigenvalue weighted by molar-refractivity contribution is 5.92. The number of hydrogen-bond acceptors (Lipinski definition) is 3. The van der Waals surface area contributed by atoms with E-state index in [1.165, 1.54) is 9.80 Å². The fraction of sp³-hybridized carbons (Fsp3) is 0.385. The van der Waals surface area contributed by atoms with E-state index >= 15 is 0 Å². The van der Waals surface area contributed by atoms with Gasteiger partial charge in [0, 0.05) is 33.4 Å². The number of likely N-dealkylation sites (N-methyl/N-ethyl adjacent to an activating group) is 2. The van der Waals surface area contributed by atoms with Crippen molar-refractivity contribution in [3.8, 4) is 0 Å². The number of hydrogen-bond donors (Lipinski definition) is 2. The quantitative estimate of drug-likeness (QED) is 0.840. The topological polar surface area (TPSA) is 78.7 Å². The molecule has 0 saturated heterocycles. The van der Waals surface area contributed by atoms with Gasteiger partial charge in [-0.05, 0) is 17.7 Å². The van der Waals surface area contributed by atoms with Gasteiger partial charge in [-0.2, -0.15) is 0 Å². The van der Waals surface area contributed by atoms with E-state index in [0.717, 1.165) is 5.56 Å². The lowest BCUT2D eigenvalue weighted by atomic mass is 10.2. The van der Waals surface area contributed by atoms with Gasteiger partial charge in [0.25, 0.3) is 0 Å². The molecule has 0 aliphatic rings. The van der Waals surface area contributed by atoms with E-state index in [-0.39, 0.29) is 18.5 Å². The minimum Gasteiger partial charge on any atom is -0.347 e. The Morgan fingerprint density at radius 3 is 2.21 bits per heavy atom. The molecule has 0 unspecified atom stereocenters. The summed E-state index contributed by atoms with van der Waals surface area (Å²) < 4.78 is 0. The molecule has 19 heavy (non-hydrogen) atoms. The van der Waals surface area contributed by atoms with E-state index in [9.17, 15) is 9.59 Å². The van der Waals surface area contributed by atoms with Crippen molar-refractivity contribution in [2.75, 3.05) is 33.0 Å². The summed E-state index contributed by atoms with van der Waals surface area (Å²) in [4.78, 5) is 26.1. The van der Waals surface area contributed by atoms with Gasteiger partial charge in [-0.25, -0.2) is 4.79 Å². The van der Waals surface area contributed by atoms with Crippen LogP contribution in [0.15, 0.2) is 24.3 Å². The summed E-state index contributed by atoms with van der Waals surface area (Å²) in [7, 11) is 4.88. The van der Waals surface area contributed by atoms with Crippen LogP contribution in [0.1, 0.15) is 5.56 Å². The summed E-state index contributed by atoms with van der Waals surface area (Å²) in [5.74, 6) is -0.129. The Morgan fingerprint density at radius 1 is 1.16 bits per heavy atom. The molecule has 0 radical (unpaired) electrons. The number of carbonyl (C=O) groups is 2. The fourth-order valence-electron chi connectivity index (χ4n) is 1.36. The van der Waals surface area contributed by atoms with Crippen molar-refractivity contribution in [2.24, 2.45) is 5.73 Å². The van der Waals surface area contributed by atoms with Crippen LogP contribution in [-0.2, 0) is 11.3 Å². The third-order valence-corrected chi connectivity index (χ3v) is 2.66. The number of nitrogens with one attached hydrogen (secondary N) is 1. The van der Waals surface area contributed by atoms with Gasteiger partial charge in [-0.1, -0.05) is 12.1 Å². The highest BCUT2D eigenvalue weighted by Crippen LogP contribution is 2.09. The zero-order chi connectivity index (χ0) is 14.4. The Bertz CT molecular complexity index is 442. The van der Waals surface area contributed by atoms with E-state index in [2.05, 4.69) is 5.32 Å². The lowest BCUT2D eigenvalue weighted by Crippen LogP contribution is -2.39. The highest BCUT2D eigenvalue weighted by atomic mass is 16.2. The molecule has 104 valence electrons. The van der Waals surface area contributed by atoms with Crippen LogP contribution in [0.25, 0.3) is 0 Å². The smallest absolute Gasteiger partial charge is 0.322 e. The molecule has 0 bridgehead atoms. The van der Waals surface area contributed by atoms with Gasteiger partial charge in [-0.3, -0.25) is 4.79 Å². The molecule has 0 aliphatic carbocycles. The first kappa shape index (κ1) is 15.0. The lowest BCUT2D eigenvalue weighted by molar-refractivity contribution is -0.129. The van der Waals surface area contributed by atoms with Crippen LogP contribution in [0.4, 0.5) is 10.5 Å². The molecule has 3 amide bonds. The summed E-state index contributed by atoms with van der Waals surface area (Å²) in [6.07, 6.45) is 0. The second-order valence-electron chi connectivity index (χ2n) is 4.48. The predicted octanol–water partition coefficient (Wildman–Crippen LogP) is 0.697. The minimum atomic E-state index is -0.323. The van der Waals surface area contributed by atoms with Crippen molar-refractivity contribution < 1.29 is 9.59 Å². The molecule has 0 fully saturated rings. The van der Waals surface area contributed by atoms with Crippen LogP contribution in [-0.4, -0.2) is 49.4 Å². The van der Waals surface area contributed by atoms with Gasteiger partial charge >= 0.3 is 6.03 Å². The maximum atomic E-state index is 11.8. The van der Waals surface area contributed by atoms with Gasteiger partial charge in [0.05, 0.1) is 0 Å². The lowest BCUT2D eigenvalue weighted by Gasteiger charge is -2.19. The second kappa shape index (κ2) is 6.75. The summed E-state index contributed by atoms with van der Waals surface area (Å²) in [6.45, 7) is 0.505. The summed E-state index contributed by atoms with van der Waals surface area (Å²) in [6, 6.07) is 6.93. The summed E-state index contributed by atoms with van der Waals surface area (Å²) >= 11 is 0. The van der Waals surface area contributed by atoms with E-state index in [1.807, 2.05) is 12.1 Å². The normalized spacial score (nSPS) is 9.89. The first-order valence-electron chi connectivity index (χ1n) is 5.95. The van der Waals surface area contributed by atoms with Crippen molar-refractivity contribution in [2.45, 2.75) is 6.54 Å². The number of amides is 3. The molecule has 0 aliphatic heterocycles. The Morgan fingerprint density at radius 2 is 1.74 bits per heavy atom. The average Bonchev–Trinajstić information content (AvgIpc) is 2.39. The van der Waals surface area contributed by atoms with Crippen molar-refractivity contribution in [3.05, 3.63) is 29.8 Å². The third kappa shape index (κ3) is 4.59. The fourth-order valence-corrected chi connectivity index (χ4v) is 1.36. The van der Waals surface area contributed by atoms with E-state index in [1.54, 1.807) is 33.3 Å². The molecule has 6 nitrogen and oxygen atoms in total. The van der Waals surface area contributed by atoms with E-state index in [4.69, 9.17) is 5.73 Å². The van der Waals surface area contributed by atoms with Gasteiger partial charge in [0.15, 0.2) is 0 Å². The van der Waals surface area contributed by atoms with Crippen LogP contribution in [0.5, 0.6) is 0 Å². The summed E-state index contributed by atoms with van der Waals surface area (Å²) in [5.41, 5.74) is 7.16. The van der Waals surface area contributed by atoms with Gasteiger partial charge in [0.1, 0.15) is 6.54 Å². The Labute approximate surface area is 113 Å². The van der Waals surface area contributed by atoms with Gasteiger partial charge in [-0.15, -0.1) is 0 Å². The van der Waals surface area contributed by atoms with Gasteiger partial charge < -0.3 is 20.9 Å². The van der Waals surface area contributed by atoms with Crippen LogP contribution in [0, 0.1) is 0 Å². The third-order valence-electron chi connectivity index (χ3n) is 2.66. The van der Waals surface area contributed by atoms with Crippen LogP contribution in [0.3, 0.4) is 0 Å². The second-order valence-corrected chi connectivity index (χ2v) is 4.48. The molecule has 6 heteroatoms. The number of anilines is 1. The Hall–Kier alpha value is -2.08. The van der Waals surface area contributed by atoms with E-state index in [0.29, 0.717) is 12.2 Å². The highest BCUT2D eigenvalue weighted by Gasteiger charge is 2.13. The van der Waals surface area contributed by atoms with Crippen LogP contribution in [0.2, 0.25) is 0 Å². The first-order chi connectivity index (χ1) is 8.93. The maximum absolute atomic E-state index is 11.8. The van der Waals surface area contributed by atoms with Crippen molar-refractivity contribution in [1.82, 2.24) is 9.80 Å². The zero-order valence-electron chi connectivity index (χ0n) is 11.5. The molecule has 3 N–H and O–H groups in total. The van der Waals surface area contributed by atoms with Crippen molar-refractivity contribution >= 4 is 17.6 Å². The van der Waals surface area contributed by atoms with Crippen LogP contribution < -0.4 is 11.1 Å². The standard InChI is InChI=1S/C13H20N4O2/c1-16(2)12(18)9-17(3)13(19)15-11-6-4-10(8-14)5-7-11/h4-7H,8-9,14H2,1-3H3,(H,15,19). The Kier molecular flexibility index (Phi) is 5.32. The average molecular weight is 264 g/mol. The number of benzene rings is 1. The number of urea groups is 1. The molecular formula is C13H20N4O2. The van der Waals surface area contributed by atoms with Crippen LogP contribution >= 0.6 is 0 Å². The zero-order valence-corrected chi connectivity index (χ0v) is 11.5. The SMILES string of the molecule is CN(C)C(=O)CN(C)C(=O)Nc1ccc(CN)cc1. The molecule has 1 aromatic rings. The molecule has 0 saturated carbocycles. The molecule has 0 aromatic heterocycles. The summed E-state index contributed by atoms with van der Waals surface area (Å²) in [5, 5.41) is 2.71. The monoisotopic (exact) mass is 264 g/mol. The van der Waals surface area contributed by atoms with Crippen molar-refractivity contribution in [1.29, 1.82) is 0 Å². The molecule has 0 spiro atoms. The van der Waals surface area contributed by atoms with E-state index < -0.39 is 0 Å². The largest absolute Gasteiger partial charge is 0.347 e. The number of nitrogens with two attached hydrogens (primary N) is 1. The molecule has 1 rings (SSSR count). The predicted molar refractivity (Wildman–Crippen MR) is 74.7 cm³/mol. The number of rotatable bonds is 4. The molecule has 0 heterocycles. The molecular weight excluding hydrogens is 244 g/mol. The maximum Gasteiger partial charge on any atom is 0.322 e. The van der Waals surface area contributed by atoms with Gasteiger partial charge in [0.2, 0.25) is 5.91 Å². The molecule has 1 aromatic carbocycles. The first-order valence-corrected chi connectivity index (χ1v) is 5.95. The number of nitrogens with zero attached hydrogens (tertiary/aromatic N) is 2. The van der Waals surface area contributed by atoms with Crippen molar-refractivity contribution in [3.63, 3.8) is 0 Å². The minimum absolute atomic E-state index is 0.0414. The number of carbonyl (C=O) groups excluding carboxylic acids is 2. The molecule has 0 atom stereocenters.